The molecule has 1 fully saturated rings. The smallest absolute Gasteiger partial charge is 0.291 e. The van der Waals surface area contributed by atoms with Gasteiger partial charge in [0.05, 0.1) is 17.2 Å². The van der Waals surface area contributed by atoms with Gasteiger partial charge in [-0.05, 0) is 43.4 Å². The normalized spacial score (nSPS) is 22.1. The maximum absolute atomic E-state index is 13.5. The van der Waals surface area contributed by atoms with E-state index in [0.29, 0.717) is 31.0 Å². The van der Waals surface area contributed by atoms with Crippen molar-refractivity contribution in [2.45, 2.75) is 44.6 Å². The second-order valence-corrected chi connectivity index (χ2v) is 8.41. The van der Waals surface area contributed by atoms with Gasteiger partial charge in [-0.3, -0.25) is 9.59 Å². The van der Waals surface area contributed by atoms with Crippen molar-refractivity contribution in [3.63, 3.8) is 0 Å². The number of oxazole rings is 1. The number of nitrogens with one attached hydrogen (secondary N) is 1. The summed E-state index contributed by atoms with van der Waals surface area (Å²) in [6.45, 7) is 4.02. The van der Waals surface area contributed by atoms with E-state index in [9.17, 15) is 9.59 Å². The van der Waals surface area contributed by atoms with Crippen molar-refractivity contribution in [2.24, 2.45) is 0 Å². The molecule has 1 aromatic heterocycles. The van der Waals surface area contributed by atoms with Crippen LogP contribution in [0, 0.1) is 13.8 Å². The molecule has 1 spiro atoms. The third kappa shape index (κ3) is 3.05. The van der Waals surface area contributed by atoms with Crippen molar-refractivity contribution < 1.29 is 14.0 Å². The summed E-state index contributed by atoms with van der Waals surface area (Å²) in [5.41, 5.74) is 2.86. The fourth-order valence-electron chi connectivity index (χ4n) is 5.26. The van der Waals surface area contributed by atoms with Crippen molar-refractivity contribution in [1.82, 2.24) is 9.88 Å². The molecule has 3 heterocycles. The average molecular weight is 415 g/mol. The molecule has 2 aromatic carbocycles. The molecule has 2 amide bonds. The summed E-state index contributed by atoms with van der Waals surface area (Å²) in [5, 5.41) is 3.06. The van der Waals surface area contributed by atoms with Crippen LogP contribution in [0.15, 0.2) is 59.0 Å². The molecule has 0 unspecified atom stereocenters. The fraction of sp³-hybridized carbons (Fsp3) is 0.320. The Morgan fingerprint density at radius 1 is 1.16 bits per heavy atom. The van der Waals surface area contributed by atoms with Crippen molar-refractivity contribution >= 4 is 17.5 Å². The van der Waals surface area contributed by atoms with Crippen LogP contribution in [0.1, 0.15) is 46.1 Å². The second kappa shape index (κ2) is 7.38. The highest BCUT2D eigenvalue weighted by molar-refractivity contribution is 6.08. The molecule has 0 radical (unpaired) electrons. The zero-order valence-electron chi connectivity index (χ0n) is 17.7. The quantitative estimate of drug-likeness (QED) is 0.698. The minimum atomic E-state index is -0.746. The minimum Gasteiger partial charge on any atom is -0.436 e. The zero-order valence-corrected chi connectivity index (χ0v) is 17.7. The highest BCUT2D eigenvalue weighted by Gasteiger charge is 2.58. The highest BCUT2D eigenvalue weighted by Crippen LogP contribution is 2.49. The van der Waals surface area contributed by atoms with Gasteiger partial charge in [-0.25, -0.2) is 4.98 Å². The Kier molecular flexibility index (Phi) is 4.65. The number of hydrogen-bond acceptors (Lipinski definition) is 4. The maximum atomic E-state index is 13.5. The van der Waals surface area contributed by atoms with Gasteiger partial charge < -0.3 is 14.6 Å². The predicted octanol–water partition coefficient (Wildman–Crippen LogP) is 4.03. The number of fused-ring (bicyclic) bond motifs is 2. The number of hydrogen-bond donors (Lipinski definition) is 1. The lowest BCUT2D eigenvalue weighted by Crippen LogP contribution is -2.49. The van der Waals surface area contributed by atoms with Gasteiger partial charge in [0.15, 0.2) is 5.89 Å². The zero-order chi connectivity index (χ0) is 21.6. The summed E-state index contributed by atoms with van der Waals surface area (Å²) < 4.78 is 5.64. The molecule has 0 bridgehead atoms. The minimum absolute atomic E-state index is 0.0208. The van der Waals surface area contributed by atoms with Gasteiger partial charge >= 0.3 is 0 Å². The summed E-state index contributed by atoms with van der Waals surface area (Å²) in [7, 11) is 0. The molecule has 2 atom stereocenters. The summed E-state index contributed by atoms with van der Waals surface area (Å²) in [6.07, 6.45) is 2.05. The molecule has 2 aliphatic rings. The summed E-state index contributed by atoms with van der Waals surface area (Å²) >= 11 is 0. The number of para-hydroxylation sites is 1. The first-order chi connectivity index (χ1) is 15.0. The van der Waals surface area contributed by atoms with Gasteiger partial charge in [0.2, 0.25) is 11.7 Å². The second-order valence-electron chi connectivity index (χ2n) is 8.41. The topological polar surface area (TPSA) is 75.4 Å². The summed E-state index contributed by atoms with van der Waals surface area (Å²) in [6, 6.07) is 17.8. The van der Waals surface area contributed by atoms with Crippen LogP contribution in [-0.2, 0) is 16.6 Å². The Balaban J connectivity index is 1.55. The Bertz CT molecular complexity index is 1150. The van der Waals surface area contributed by atoms with Gasteiger partial charge in [0.25, 0.3) is 5.91 Å². The predicted molar refractivity (Wildman–Crippen MR) is 117 cm³/mol. The number of amides is 2. The molecule has 0 aliphatic carbocycles. The van der Waals surface area contributed by atoms with Crippen LogP contribution < -0.4 is 5.32 Å². The van der Waals surface area contributed by atoms with Crippen LogP contribution >= 0.6 is 0 Å². The van der Waals surface area contributed by atoms with E-state index in [-0.39, 0.29) is 23.6 Å². The highest BCUT2D eigenvalue weighted by atomic mass is 16.4. The van der Waals surface area contributed by atoms with Gasteiger partial charge in [-0.2, -0.15) is 0 Å². The number of aromatic nitrogens is 1. The fourth-order valence-corrected chi connectivity index (χ4v) is 5.26. The molecule has 158 valence electrons. The molecule has 5 rings (SSSR count). The van der Waals surface area contributed by atoms with E-state index < -0.39 is 5.41 Å². The van der Waals surface area contributed by atoms with E-state index in [1.165, 1.54) is 5.56 Å². The van der Waals surface area contributed by atoms with E-state index in [4.69, 9.17) is 4.42 Å². The number of aryl methyl sites for hydroxylation is 3. The van der Waals surface area contributed by atoms with Crippen LogP contribution in [0.2, 0.25) is 0 Å². The number of likely N-dealkylation sites (tertiary alicyclic amines) is 1. The lowest BCUT2D eigenvalue weighted by Gasteiger charge is -2.34. The van der Waals surface area contributed by atoms with Crippen LogP contribution in [0.3, 0.4) is 0 Å². The van der Waals surface area contributed by atoms with Crippen molar-refractivity contribution in [3.05, 3.63) is 83.1 Å². The average Bonchev–Trinajstić information content (AvgIpc) is 3.41. The molecule has 6 nitrogen and oxygen atoms in total. The van der Waals surface area contributed by atoms with Crippen LogP contribution in [0.25, 0.3) is 0 Å². The van der Waals surface area contributed by atoms with Gasteiger partial charge in [0, 0.05) is 19.2 Å². The van der Waals surface area contributed by atoms with Crippen LogP contribution in [-0.4, -0.2) is 34.3 Å². The summed E-state index contributed by atoms with van der Waals surface area (Å²) in [4.78, 5) is 33.0. The molecule has 1 saturated heterocycles. The van der Waals surface area contributed by atoms with Crippen molar-refractivity contribution in [2.75, 3.05) is 11.9 Å². The van der Waals surface area contributed by atoms with E-state index in [1.54, 1.807) is 13.8 Å². The van der Waals surface area contributed by atoms with E-state index in [0.717, 1.165) is 17.7 Å². The SMILES string of the molecule is Cc1nc(C)c(C(=O)N2CC[C@@]3(C(=O)Nc4ccccc43)[C@@H]2CCc2ccccc2)o1. The molecule has 2 aliphatic heterocycles. The Labute approximate surface area is 181 Å². The van der Waals surface area contributed by atoms with Crippen molar-refractivity contribution in [1.29, 1.82) is 0 Å². The van der Waals surface area contributed by atoms with Gasteiger partial charge in [-0.1, -0.05) is 48.5 Å². The van der Waals surface area contributed by atoms with E-state index in [2.05, 4.69) is 22.4 Å². The molecular formula is C25H25N3O3. The van der Waals surface area contributed by atoms with E-state index in [1.807, 2.05) is 47.4 Å². The lowest BCUT2D eigenvalue weighted by atomic mass is 9.73. The number of rotatable bonds is 4. The summed E-state index contributed by atoms with van der Waals surface area (Å²) in [5.74, 6) is 0.531. The standard InChI is InChI=1S/C25H25N3O3/c1-16-22(31-17(2)26-16)23(29)28-15-14-25(19-10-6-7-11-20(19)27-24(25)30)21(28)13-12-18-8-4-3-5-9-18/h3-11,21H,12-15H2,1-2H3,(H,27,30)/t21-,25-/m0/s1. The van der Waals surface area contributed by atoms with E-state index >= 15 is 0 Å². The molecule has 0 saturated carbocycles. The number of anilines is 1. The third-order valence-electron chi connectivity index (χ3n) is 6.66. The van der Waals surface area contributed by atoms with Crippen LogP contribution in [0.5, 0.6) is 0 Å². The lowest BCUT2D eigenvalue weighted by molar-refractivity contribution is -0.121. The molecule has 3 aromatic rings. The number of nitrogens with zero attached hydrogens (tertiary/aromatic N) is 2. The Hall–Kier alpha value is -3.41. The van der Waals surface area contributed by atoms with Crippen molar-refractivity contribution in [3.8, 4) is 0 Å². The monoisotopic (exact) mass is 415 g/mol. The number of benzene rings is 2. The number of carbonyl (C=O) groups is 2. The first-order valence-electron chi connectivity index (χ1n) is 10.7. The first-order valence-corrected chi connectivity index (χ1v) is 10.7. The van der Waals surface area contributed by atoms with Gasteiger partial charge in [-0.15, -0.1) is 0 Å². The number of carbonyl (C=O) groups excluding carboxylic acids is 2. The van der Waals surface area contributed by atoms with Gasteiger partial charge in [0.1, 0.15) is 0 Å². The maximum Gasteiger partial charge on any atom is 0.291 e. The molecule has 6 heteroatoms. The Morgan fingerprint density at radius 3 is 2.65 bits per heavy atom. The Morgan fingerprint density at radius 2 is 1.90 bits per heavy atom. The largest absolute Gasteiger partial charge is 0.436 e. The molecule has 31 heavy (non-hydrogen) atoms. The first kappa shape index (κ1) is 19.5. The third-order valence-corrected chi connectivity index (χ3v) is 6.66. The molecule has 1 N–H and O–H groups in total. The molecular weight excluding hydrogens is 390 g/mol. The van der Waals surface area contributed by atoms with Crippen LogP contribution in [0.4, 0.5) is 5.69 Å².